The molecule has 1 aromatic carbocycles. The number of carbonyl (C=O) groups excluding carboxylic acids is 1. The highest BCUT2D eigenvalue weighted by molar-refractivity contribution is 6.63. The van der Waals surface area contributed by atoms with Gasteiger partial charge in [-0.2, -0.15) is 0 Å². The Morgan fingerprint density at radius 1 is 1.54 bits per heavy atom. The molecular weight excluding hydrogens is 207 g/mol. The van der Waals surface area contributed by atoms with E-state index in [2.05, 4.69) is 0 Å². The summed E-state index contributed by atoms with van der Waals surface area (Å²) in [6.07, 6.45) is 0.642. The summed E-state index contributed by atoms with van der Waals surface area (Å²) in [4.78, 5) is 10.8. The van der Waals surface area contributed by atoms with Gasteiger partial charge in [0, 0.05) is 10.9 Å². The Kier molecular flexibility index (Phi) is 3.76. The Hall–Kier alpha value is -0.530. The fourth-order valence-electron chi connectivity index (χ4n) is 1.10. The van der Waals surface area contributed by atoms with Crippen LogP contribution in [-0.2, 0) is 11.2 Å². The summed E-state index contributed by atoms with van der Waals surface area (Å²) < 4.78 is 0. The molecule has 1 nitrogen and oxygen atoms in total. The molecule has 0 aromatic heterocycles. The van der Waals surface area contributed by atoms with Crippen LogP contribution in [0.2, 0.25) is 5.02 Å². The highest BCUT2D eigenvalue weighted by Gasteiger charge is 2.10. The van der Waals surface area contributed by atoms with Crippen LogP contribution in [0.5, 0.6) is 0 Å². The van der Waals surface area contributed by atoms with E-state index in [-0.39, 0.29) is 11.2 Å². The standard InChI is InChI=1S/C10H10Cl2O/c1-7(10(12)13)5-8-3-2-4-9(11)6-8/h2-4,6-7H,5H2,1H3. The van der Waals surface area contributed by atoms with Crippen molar-refractivity contribution in [2.75, 3.05) is 0 Å². The van der Waals surface area contributed by atoms with E-state index in [9.17, 15) is 4.79 Å². The minimum Gasteiger partial charge on any atom is -0.281 e. The number of hydrogen-bond donors (Lipinski definition) is 0. The largest absolute Gasteiger partial charge is 0.281 e. The normalized spacial score (nSPS) is 12.5. The molecule has 0 radical (unpaired) electrons. The predicted octanol–water partition coefficient (Wildman–Crippen LogP) is 3.28. The van der Waals surface area contributed by atoms with E-state index < -0.39 is 0 Å². The molecular formula is C10H10Cl2O. The Labute approximate surface area is 87.7 Å². The minimum atomic E-state index is -0.306. The van der Waals surface area contributed by atoms with Crippen molar-refractivity contribution in [2.24, 2.45) is 5.92 Å². The van der Waals surface area contributed by atoms with Crippen molar-refractivity contribution >= 4 is 28.4 Å². The van der Waals surface area contributed by atoms with Gasteiger partial charge in [0.1, 0.15) is 0 Å². The lowest BCUT2D eigenvalue weighted by Crippen LogP contribution is -2.07. The van der Waals surface area contributed by atoms with Crippen molar-refractivity contribution in [1.82, 2.24) is 0 Å². The number of rotatable bonds is 3. The second-order valence-corrected chi connectivity index (χ2v) is 3.85. The monoisotopic (exact) mass is 216 g/mol. The van der Waals surface area contributed by atoms with E-state index in [4.69, 9.17) is 23.2 Å². The van der Waals surface area contributed by atoms with Gasteiger partial charge in [0.05, 0.1) is 0 Å². The zero-order valence-electron chi connectivity index (χ0n) is 7.26. The molecule has 3 heteroatoms. The smallest absolute Gasteiger partial charge is 0.224 e. The molecule has 1 rings (SSSR count). The number of halogens is 2. The molecule has 0 fully saturated rings. The first-order chi connectivity index (χ1) is 6.09. The molecule has 0 bridgehead atoms. The van der Waals surface area contributed by atoms with Crippen LogP contribution in [-0.4, -0.2) is 5.24 Å². The molecule has 13 heavy (non-hydrogen) atoms. The van der Waals surface area contributed by atoms with Gasteiger partial charge in [-0.3, -0.25) is 4.79 Å². The summed E-state index contributed by atoms with van der Waals surface area (Å²) in [5, 5.41) is 0.381. The van der Waals surface area contributed by atoms with Crippen LogP contribution in [0, 0.1) is 5.92 Å². The molecule has 0 spiro atoms. The number of carbonyl (C=O) groups is 1. The maximum absolute atomic E-state index is 10.8. The lowest BCUT2D eigenvalue weighted by atomic mass is 10.0. The van der Waals surface area contributed by atoms with Gasteiger partial charge in [0.15, 0.2) is 0 Å². The highest BCUT2D eigenvalue weighted by atomic mass is 35.5. The summed E-state index contributed by atoms with van der Waals surface area (Å²) in [6, 6.07) is 7.45. The van der Waals surface area contributed by atoms with Gasteiger partial charge in [0.25, 0.3) is 0 Å². The van der Waals surface area contributed by atoms with Crippen molar-refractivity contribution in [3.63, 3.8) is 0 Å². The van der Waals surface area contributed by atoms with Crippen LogP contribution in [0.25, 0.3) is 0 Å². The first kappa shape index (κ1) is 10.6. The molecule has 1 aromatic rings. The first-order valence-electron chi connectivity index (χ1n) is 4.03. The van der Waals surface area contributed by atoms with Gasteiger partial charge in [-0.05, 0) is 35.7 Å². The molecule has 1 atom stereocenters. The number of benzene rings is 1. The molecule has 70 valence electrons. The zero-order chi connectivity index (χ0) is 9.84. The maximum Gasteiger partial charge on any atom is 0.224 e. The molecule has 1 unspecified atom stereocenters. The van der Waals surface area contributed by atoms with Crippen molar-refractivity contribution in [2.45, 2.75) is 13.3 Å². The average molecular weight is 217 g/mol. The minimum absolute atomic E-state index is 0.153. The third kappa shape index (κ3) is 3.37. The summed E-state index contributed by atoms with van der Waals surface area (Å²) in [5.74, 6) is -0.153. The first-order valence-corrected chi connectivity index (χ1v) is 4.79. The van der Waals surface area contributed by atoms with Crippen molar-refractivity contribution in [3.8, 4) is 0 Å². The maximum atomic E-state index is 10.8. The molecule has 0 aliphatic carbocycles. The summed E-state index contributed by atoms with van der Waals surface area (Å²) in [6.45, 7) is 1.80. The fraction of sp³-hybridized carbons (Fsp3) is 0.300. The van der Waals surface area contributed by atoms with Crippen molar-refractivity contribution < 1.29 is 4.79 Å². The third-order valence-corrected chi connectivity index (χ3v) is 2.43. The Bertz CT molecular complexity index is 310. The van der Waals surface area contributed by atoms with Gasteiger partial charge in [-0.25, -0.2) is 0 Å². The highest BCUT2D eigenvalue weighted by Crippen LogP contribution is 2.15. The van der Waals surface area contributed by atoms with Gasteiger partial charge in [-0.15, -0.1) is 0 Å². The predicted molar refractivity (Wildman–Crippen MR) is 55.2 cm³/mol. The van der Waals surface area contributed by atoms with Crippen LogP contribution < -0.4 is 0 Å². The molecule has 0 heterocycles. The fourth-order valence-corrected chi connectivity index (χ4v) is 1.39. The lowest BCUT2D eigenvalue weighted by Gasteiger charge is -2.05. The quantitative estimate of drug-likeness (QED) is 0.710. The van der Waals surface area contributed by atoms with Gasteiger partial charge in [-0.1, -0.05) is 30.7 Å². The second-order valence-electron chi connectivity index (χ2n) is 3.04. The molecule has 0 aliphatic heterocycles. The lowest BCUT2D eigenvalue weighted by molar-refractivity contribution is -0.114. The molecule has 0 aliphatic rings. The van der Waals surface area contributed by atoms with E-state index >= 15 is 0 Å². The molecule has 0 N–H and O–H groups in total. The van der Waals surface area contributed by atoms with E-state index in [1.165, 1.54) is 0 Å². The summed E-state index contributed by atoms with van der Waals surface area (Å²) in [5.41, 5.74) is 1.04. The molecule has 0 amide bonds. The second kappa shape index (κ2) is 4.64. The van der Waals surface area contributed by atoms with Crippen LogP contribution in [0.3, 0.4) is 0 Å². The Morgan fingerprint density at radius 3 is 2.77 bits per heavy atom. The van der Waals surface area contributed by atoms with Crippen LogP contribution in [0.1, 0.15) is 12.5 Å². The Morgan fingerprint density at radius 2 is 2.23 bits per heavy atom. The summed E-state index contributed by atoms with van der Waals surface area (Å²) >= 11 is 11.1. The van der Waals surface area contributed by atoms with E-state index in [0.29, 0.717) is 11.4 Å². The van der Waals surface area contributed by atoms with Gasteiger partial charge >= 0.3 is 0 Å². The van der Waals surface area contributed by atoms with Crippen LogP contribution >= 0.6 is 23.2 Å². The molecule has 0 saturated heterocycles. The summed E-state index contributed by atoms with van der Waals surface area (Å²) in [7, 11) is 0. The SMILES string of the molecule is CC(Cc1cccc(Cl)c1)C(=O)Cl. The van der Waals surface area contributed by atoms with Crippen molar-refractivity contribution in [1.29, 1.82) is 0 Å². The molecule has 0 saturated carbocycles. The van der Waals surface area contributed by atoms with Crippen LogP contribution in [0.15, 0.2) is 24.3 Å². The topological polar surface area (TPSA) is 17.1 Å². The number of hydrogen-bond acceptors (Lipinski definition) is 1. The Balaban J connectivity index is 2.69. The zero-order valence-corrected chi connectivity index (χ0v) is 8.77. The average Bonchev–Trinajstić information content (AvgIpc) is 2.04. The van der Waals surface area contributed by atoms with E-state index in [1.807, 2.05) is 18.2 Å². The van der Waals surface area contributed by atoms with Gasteiger partial charge in [0.2, 0.25) is 5.24 Å². The van der Waals surface area contributed by atoms with E-state index in [0.717, 1.165) is 5.56 Å². The van der Waals surface area contributed by atoms with Crippen LogP contribution in [0.4, 0.5) is 0 Å². The van der Waals surface area contributed by atoms with Gasteiger partial charge < -0.3 is 0 Å². The van der Waals surface area contributed by atoms with E-state index in [1.54, 1.807) is 13.0 Å². The third-order valence-electron chi connectivity index (χ3n) is 1.82. The van der Waals surface area contributed by atoms with Crippen molar-refractivity contribution in [3.05, 3.63) is 34.9 Å².